The summed E-state index contributed by atoms with van der Waals surface area (Å²) < 4.78 is 10.9. The Morgan fingerprint density at radius 2 is 1.90 bits per heavy atom. The van der Waals surface area contributed by atoms with Gasteiger partial charge in [-0.1, -0.05) is 42.1 Å². The Labute approximate surface area is 180 Å². The first-order valence-electron chi connectivity index (χ1n) is 10.1. The van der Waals surface area contributed by atoms with E-state index in [0.717, 1.165) is 16.9 Å². The van der Waals surface area contributed by atoms with Crippen LogP contribution in [0, 0.1) is 5.92 Å². The molecule has 1 aliphatic rings. The standard InChI is InChI=1S/C23H25N3O3S/c1-16(18-8-9-18)26(14-17-6-4-3-5-7-17)21(27)15-30-23-25-24-22(29-23)19-10-12-20(28-2)13-11-19/h3-7,10-13,16,18H,8-9,14-15H2,1-2H3. The summed E-state index contributed by atoms with van der Waals surface area (Å²) in [5.74, 6) is 2.16. The van der Waals surface area contributed by atoms with Crippen LogP contribution in [0.5, 0.6) is 5.75 Å². The van der Waals surface area contributed by atoms with Gasteiger partial charge >= 0.3 is 0 Å². The molecule has 1 heterocycles. The van der Waals surface area contributed by atoms with Crippen molar-refractivity contribution in [2.24, 2.45) is 5.92 Å². The predicted octanol–water partition coefficient (Wildman–Crippen LogP) is 4.66. The van der Waals surface area contributed by atoms with Gasteiger partial charge in [0, 0.05) is 18.2 Å². The van der Waals surface area contributed by atoms with Gasteiger partial charge in [-0.15, -0.1) is 10.2 Å². The maximum Gasteiger partial charge on any atom is 0.277 e. The van der Waals surface area contributed by atoms with E-state index in [-0.39, 0.29) is 17.7 Å². The molecule has 0 aliphatic heterocycles. The minimum Gasteiger partial charge on any atom is -0.497 e. The van der Waals surface area contributed by atoms with E-state index in [1.807, 2.05) is 47.4 Å². The molecule has 6 nitrogen and oxygen atoms in total. The third kappa shape index (κ3) is 5.02. The summed E-state index contributed by atoms with van der Waals surface area (Å²) in [6, 6.07) is 17.8. The number of ether oxygens (including phenoxy) is 1. The Kier molecular flexibility index (Phi) is 6.38. The minimum absolute atomic E-state index is 0.0902. The van der Waals surface area contributed by atoms with E-state index in [2.05, 4.69) is 29.3 Å². The van der Waals surface area contributed by atoms with Gasteiger partial charge in [0.2, 0.25) is 11.8 Å². The van der Waals surface area contributed by atoms with Crippen LogP contribution in [0.15, 0.2) is 64.2 Å². The van der Waals surface area contributed by atoms with Gasteiger partial charge in [0.15, 0.2) is 0 Å². The summed E-state index contributed by atoms with van der Waals surface area (Å²) in [7, 11) is 1.62. The Hall–Kier alpha value is -2.80. The lowest BCUT2D eigenvalue weighted by Gasteiger charge is -2.29. The van der Waals surface area contributed by atoms with E-state index in [0.29, 0.717) is 23.6 Å². The molecular formula is C23H25N3O3S. The number of amides is 1. The first-order chi connectivity index (χ1) is 14.6. The van der Waals surface area contributed by atoms with Crippen LogP contribution in [0.1, 0.15) is 25.3 Å². The van der Waals surface area contributed by atoms with Crippen molar-refractivity contribution < 1.29 is 13.9 Å². The highest BCUT2D eigenvalue weighted by Gasteiger charge is 2.34. The average molecular weight is 424 g/mol. The van der Waals surface area contributed by atoms with Crippen LogP contribution < -0.4 is 4.74 Å². The molecule has 1 aliphatic carbocycles. The molecular weight excluding hydrogens is 398 g/mol. The quantitative estimate of drug-likeness (QED) is 0.466. The van der Waals surface area contributed by atoms with Crippen LogP contribution in [-0.2, 0) is 11.3 Å². The zero-order chi connectivity index (χ0) is 20.9. The zero-order valence-electron chi connectivity index (χ0n) is 17.2. The molecule has 1 unspecified atom stereocenters. The van der Waals surface area contributed by atoms with Gasteiger partial charge in [0.05, 0.1) is 12.9 Å². The molecule has 2 aromatic carbocycles. The second-order valence-electron chi connectivity index (χ2n) is 7.48. The zero-order valence-corrected chi connectivity index (χ0v) is 18.0. The summed E-state index contributed by atoms with van der Waals surface area (Å²) in [5, 5.41) is 8.59. The van der Waals surface area contributed by atoms with E-state index < -0.39 is 0 Å². The van der Waals surface area contributed by atoms with Crippen LogP contribution >= 0.6 is 11.8 Å². The lowest BCUT2D eigenvalue weighted by Crippen LogP contribution is -2.40. The monoisotopic (exact) mass is 423 g/mol. The van der Waals surface area contributed by atoms with E-state index >= 15 is 0 Å². The Bertz CT molecular complexity index is 971. The van der Waals surface area contributed by atoms with Crippen molar-refractivity contribution in [3.8, 4) is 17.2 Å². The molecule has 1 atom stereocenters. The SMILES string of the molecule is COc1ccc(-c2nnc(SCC(=O)N(Cc3ccccc3)C(C)C3CC3)o2)cc1. The summed E-state index contributed by atoms with van der Waals surface area (Å²) in [5.41, 5.74) is 1.96. The predicted molar refractivity (Wildman–Crippen MR) is 116 cm³/mol. The fourth-order valence-corrected chi connectivity index (χ4v) is 4.05. The molecule has 0 radical (unpaired) electrons. The smallest absolute Gasteiger partial charge is 0.277 e. The topological polar surface area (TPSA) is 68.5 Å². The highest BCUT2D eigenvalue weighted by Crippen LogP contribution is 2.36. The molecule has 30 heavy (non-hydrogen) atoms. The fraction of sp³-hybridized carbons (Fsp3) is 0.348. The molecule has 0 bridgehead atoms. The number of benzene rings is 2. The van der Waals surface area contributed by atoms with Crippen molar-refractivity contribution in [2.45, 2.75) is 37.6 Å². The van der Waals surface area contributed by atoms with Crippen molar-refractivity contribution in [2.75, 3.05) is 12.9 Å². The first kappa shape index (κ1) is 20.5. The number of rotatable bonds is 9. The number of carbonyl (C=O) groups excluding carboxylic acids is 1. The molecule has 0 spiro atoms. The third-order valence-electron chi connectivity index (χ3n) is 5.37. The highest BCUT2D eigenvalue weighted by atomic mass is 32.2. The van der Waals surface area contributed by atoms with Crippen molar-refractivity contribution in [1.29, 1.82) is 0 Å². The van der Waals surface area contributed by atoms with Crippen LogP contribution in [0.3, 0.4) is 0 Å². The molecule has 4 rings (SSSR count). The lowest BCUT2D eigenvalue weighted by atomic mass is 10.1. The minimum atomic E-state index is 0.0902. The summed E-state index contributed by atoms with van der Waals surface area (Å²) in [6.45, 7) is 2.77. The second kappa shape index (κ2) is 9.34. The van der Waals surface area contributed by atoms with Crippen molar-refractivity contribution >= 4 is 17.7 Å². The molecule has 156 valence electrons. The normalized spacial score (nSPS) is 14.3. The van der Waals surface area contributed by atoms with E-state index in [1.54, 1.807) is 7.11 Å². The molecule has 7 heteroatoms. The highest BCUT2D eigenvalue weighted by molar-refractivity contribution is 7.99. The molecule has 0 saturated heterocycles. The number of methoxy groups -OCH3 is 1. The molecule has 1 fully saturated rings. The Balaban J connectivity index is 1.39. The maximum atomic E-state index is 13.0. The number of thioether (sulfide) groups is 1. The van der Waals surface area contributed by atoms with Gasteiger partial charge in [-0.2, -0.15) is 0 Å². The van der Waals surface area contributed by atoms with E-state index in [4.69, 9.17) is 9.15 Å². The molecule has 1 amide bonds. The van der Waals surface area contributed by atoms with Crippen molar-refractivity contribution in [3.05, 3.63) is 60.2 Å². The van der Waals surface area contributed by atoms with Crippen molar-refractivity contribution in [3.63, 3.8) is 0 Å². The van der Waals surface area contributed by atoms with Crippen LogP contribution in [0.25, 0.3) is 11.5 Å². The van der Waals surface area contributed by atoms with Crippen molar-refractivity contribution in [1.82, 2.24) is 15.1 Å². The van der Waals surface area contributed by atoms with Gasteiger partial charge in [0.25, 0.3) is 5.22 Å². The second-order valence-corrected chi connectivity index (χ2v) is 8.40. The molecule has 1 saturated carbocycles. The maximum absolute atomic E-state index is 13.0. The molecule has 3 aromatic rings. The summed E-state index contributed by atoms with van der Waals surface area (Å²) in [4.78, 5) is 15.0. The first-order valence-corrected chi connectivity index (χ1v) is 11.1. The van der Waals surface area contributed by atoms with Gasteiger partial charge in [-0.25, -0.2) is 0 Å². The third-order valence-corrected chi connectivity index (χ3v) is 6.18. The number of carbonyl (C=O) groups is 1. The number of hydrogen-bond acceptors (Lipinski definition) is 6. The van der Waals surface area contributed by atoms with Crippen LogP contribution in [0.2, 0.25) is 0 Å². The van der Waals surface area contributed by atoms with Gasteiger partial charge in [-0.3, -0.25) is 4.79 Å². The molecule has 1 aromatic heterocycles. The number of hydrogen-bond donors (Lipinski definition) is 0. The van der Waals surface area contributed by atoms with E-state index in [9.17, 15) is 4.79 Å². The van der Waals surface area contributed by atoms with Crippen LogP contribution in [0.4, 0.5) is 0 Å². The molecule has 0 N–H and O–H groups in total. The average Bonchev–Trinajstić information content (AvgIpc) is 3.54. The summed E-state index contributed by atoms with van der Waals surface area (Å²) in [6.07, 6.45) is 2.39. The van der Waals surface area contributed by atoms with E-state index in [1.165, 1.54) is 24.6 Å². The number of nitrogens with zero attached hydrogens (tertiary/aromatic N) is 3. The fourth-order valence-electron chi connectivity index (χ4n) is 3.40. The van der Waals surface area contributed by atoms with Gasteiger partial charge < -0.3 is 14.1 Å². The van der Waals surface area contributed by atoms with Crippen LogP contribution in [-0.4, -0.2) is 39.9 Å². The van der Waals surface area contributed by atoms with Gasteiger partial charge in [0.1, 0.15) is 5.75 Å². The largest absolute Gasteiger partial charge is 0.497 e. The lowest BCUT2D eigenvalue weighted by molar-refractivity contribution is -0.131. The Morgan fingerprint density at radius 1 is 1.17 bits per heavy atom. The number of aromatic nitrogens is 2. The Morgan fingerprint density at radius 3 is 2.57 bits per heavy atom. The van der Waals surface area contributed by atoms with Gasteiger partial charge in [-0.05, 0) is 55.5 Å². The summed E-state index contributed by atoms with van der Waals surface area (Å²) >= 11 is 1.28.